The topological polar surface area (TPSA) is 262 Å². The standard InChI is InChI=1S/C26H34N4O7.C21H26N4O5.ClH/c1-15-20(22(32)29(6)24(35)28(15)5)17-11-9-16(10-12-17)14-18(23(33)34)27-21(31)19-8-7-13-30(19)25(36)37-26(2,3)4;1-12-17(19(27)25(3)21(30)24(12)2)14-8-6-13(7-9-14)11-16(20(28)29)23-18(26)15-5-4-10-22-15;/h9-12,18-19H,7-8,13-14H2,1-6H3,(H,27,31)(H,33,34);6-9,15-16,22H,4-5,10-11H2,1-3H3,(H,23,26)(H,28,29);1H. The Hall–Kier alpha value is -6.80. The number of benzene rings is 2. The summed E-state index contributed by atoms with van der Waals surface area (Å²) in [7, 11) is 6.04. The second-order valence-electron chi connectivity index (χ2n) is 17.9. The Labute approximate surface area is 398 Å². The Bertz CT molecular complexity index is 2780. The minimum absolute atomic E-state index is 0. The molecule has 2 aliphatic rings. The molecule has 2 fully saturated rings. The van der Waals surface area contributed by atoms with Gasteiger partial charge in [-0.3, -0.25) is 33.2 Å². The monoisotopic (exact) mass is 964 g/mol. The van der Waals surface area contributed by atoms with Crippen LogP contribution in [-0.4, -0.2) is 106 Å². The lowest BCUT2D eigenvalue weighted by Crippen LogP contribution is -2.52. The van der Waals surface area contributed by atoms with Gasteiger partial charge in [-0.15, -0.1) is 12.4 Å². The highest BCUT2D eigenvalue weighted by molar-refractivity contribution is 5.90. The summed E-state index contributed by atoms with van der Waals surface area (Å²) in [5, 5.41) is 27.5. The van der Waals surface area contributed by atoms with E-state index in [9.17, 15) is 53.4 Å². The molecule has 0 radical (unpaired) electrons. The molecule has 368 valence electrons. The van der Waals surface area contributed by atoms with Crippen molar-refractivity contribution < 1.29 is 38.9 Å². The first-order valence-electron chi connectivity index (χ1n) is 21.9. The van der Waals surface area contributed by atoms with Gasteiger partial charge in [-0.2, -0.15) is 0 Å². The van der Waals surface area contributed by atoms with Crippen molar-refractivity contribution in [2.24, 2.45) is 28.2 Å². The molecule has 2 aliphatic heterocycles. The largest absolute Gasteiger partial charge is 0.480 e. The van der Waals surface area contributed by atoms with Gasteiger partial charge in [0.1, 0.15) is 23.7 Å². The normalized spacial score (nSPS) is 16.4. The molecule has 4 unspecified atom stereocenters. The third-order valence-corrected chi connectivity index (χ3v) is 12.1. The zero-order valence-electron chi connectivity index (χ0n) is 39.7. The van der Waals surface area contributed by atoms with Crippen molar-refractivity contribution in [3.05, 3.63) is 113 Å². The summed E-state index contributed by atoms with van der Waals surface area (Å²) in [5.74, 6) is -3.16. The fraction of sp³-hybridized carbons (Fsp3) is 0.468. The smallest absolute Gasteiger partial charge is 0.410 e. The number of carboxylic acid groups (broad SMARTS) is 2. The molecule has 20 nitrogen and oxygen atoms in total. The summed E-state index contributed by atoms with van der Waals surface area (Å²) in [6.45, 7) is 9.71. The van der Waals surface area contributed by atoms with Crippen LogP contribution in [0.3, 0.4) is 0 Å². The molecular formula is C47H61ClN8O12. The Morgan fingerprint density at radius 1 is 0.676 bits per heavy atom. The number of rotatable bonds is 12. The van der Waals surface area contributed by atoms with Crippen LogP contribution in [0.1, 0.15) is 69.0 Å². The molecule has 3 amide bonds. The molecule has 0 saturated carbocycles. The molecule has 5 N–H and O–H groups in total. The highest BCUT2D eigenvalue weighted by Gasteiger charge is 2.38. The number of nitrogens with one attached hydrogen (secondary N) is 3. The van der Waals surface area contributed by atoms with E-state index in [-0.39, 0.29) is 42.8 Å². The van der Waals surface area contributed by atoms with Crippen molar-refractivity contribution in [1.82, 2.24) is 39.1 Å². The van der Waals surface area contributed by atoms with Gasteiger partial charge in [0.15, 0.2) is 0 Å². The van der Waals surface area contributed by atoms with Gasteiger partial charge < -0.3 is 40.0 Å². The van der Waals surface area contributed by atoms with Crippen LogP contribution in [0, 0.1) is 13.8 Å². The van der Waals surface area contributed by atoms with Crippen molar-refractivity contribution in [3.63, 3.8) is 0 Å². The lowest BCUT2D eigenvalue weighted by atomic mass is 10.00. The number of aromatic nitrogens is 4. The number of likely N-dealkylation sites (tertiary alicyclic amines) is 1. The number of carboxylic acids is 2. The van der Waals surface area contributed by atoms with Crippen molar-refractivity contribution in [3.8, 4) is 22.3 Å². The van der Waals surface area contributed by atoms with Crippen molar-refractivity contribution in [2.75, 3.05) is 13.1 Å². The van der Waals surface area contributed by atoms with Gasteiger partial charge >= 0.3 is 29.4 Å². The molecule has 2 saturated heterocycles. The van der Waals surface area contributed by atoms with E-state index < -0.39 is 64.6 Å². The van der Waals surface area contributed by atoms with Gasteiger partial charge in [0, 0.05) is 59.0 Å². The average molecular weight is 966 g/mol. The first-order valence-corrected chi connectivity index (χ1v) is 21.9. The van der Waals surface area contributed by atoms with Crippen LogP contribution in [0.4, 0.5) is 4.79 Å². The molecule has 68 heavy (non-hydrogen) atoms. The number of halogens is 1. The minimum Gasteiger partial charge on any atom is -0.480 e. The van der Waals surface area contributed by atoms with E-state index in [2.05, 4.69) is 16.0 Å². The second kappa shape index (κ2) is 22.3. The van der Waals surface area contributed by atoms with E-state index in [0.717, 1.165) is 22.1 Å². The average Bonchev–Trinajstić information content (AvgIpc) is 4.01. The Balaban J connectivity index is 0.000000298. The zero-order chi connectivity index (χ0) is 49.7. The van der Waals surface area contributed by atoms with E-state index in [1.54, 1.807) is 97.2 Å². The molecule has 2 aromatic heterocycles. The maximum absolute atomic E-state index is 12.9. The lowest BCUT2D eigenvalue weighted by Gasteiger charge is -2.28. The molecule has 2 aromatic carbocycles. The van der Waals surface area contributed by atoms with Crippen LogP contribution in [0.25, 0.3) is 22.3 Å². The summed E-state index contributed by atoms with van der Waals surface area (Å²) in [6, 6.07) is 10.2. The quantitative estimate of drug-likeness (QED) is 0.136. The number of amides is 3. The van der Waals surface area contributed by atoms with E-state index >= 15 is 0 Å². The van der Waals surface area contributed by atoms with E-state index in [0.29, 0.717) is 70.6 Å². The fourth-order valence-electron chi connectivity index (χ4n) is 8.07. The van der Waals surface area contributed by atoms with Gasteiger partial charge in [-0.25, -0.2) is 24.0 Å². The highest BCUT2D eigenvalue weighted by Crippen LogP contribution is 2.23. The molecule has 0 bridgehead atoms. The highest BCUT2D eigenvalue weighted by atomic mass is 35.5. The summed E-state index contributed by atoms with van der Waals surface area (Å²) < 4.78 is 10.3. The SMILES string of the molecule is Cc1c(-c2ccc(CC(NC(=O)C3CCCN3)C(=O)O)cc2)c(=O)n(C)c(=O)n1C.Cc1c(-c2ccc(CC(NC(=O)C3CCCN3C(=O)OC(C)(C)C)C(=O)O)cc2)c(=O)n(C)c(=O)n1C.Cl. The predicted molar refractivity (Wildman–Crippen MR) is 255 cm³/mol. The maximum atomic E-state index is 12.9. The number of carbonyl (C=O) groups excluding carboxylic acids is 3. The van der Waals surface area contributed by atoms with Crippen LogP contribution < -0.4 is 38.4 Å². The number of hydrogen-bond donors (Lipinski definition) is 5. The van der Waals surface area contributed by atoms with Crippen LogP contribution in [0.15, 0.2) is 67.7 Å². The minimum atomic E-state index is -1.22. The molecule has 0 spiro atoms. The lowest BCUT2D eigenvalue weighted by molar-refractivity contribution is -0.142. The Morgan fingerprint density at radius 2 is 1.10 bits per heavy atom. The van der Waals surface area contributed by atoms with Crippen molar-refractivity contribution >= 4 is 42.3 Å². The fourth-order valence-corrected chi connectivity index (χ4v) is 8.07. The number of carbonyl (C=O) groups is 5. The van der Waals surface area contributed by atoms with Gasteiger partial charge in [0.2, 0.25) is 11.8 Å². The second-order valence-corrected chi connectivity index (χ2v) is 17.9. The van der Waals surface area contributed by atoms with Crippen LogP contribution in [-0.2, 0) is 64.9 Å². The summed E-state index contributed by atoms with van der Waals surface area (Å²) in [5.41, 5.74) is 2.10. The predicted octanol–water partition coefficient (Wildman–Crippen LogP) is 1.92. The summed E-state index contributed by atoms with van der Waals surface area (Å²) >= 11 is 0. The number of aliphatic carboxylic acids is 2. The molecule has 4 heterocycles. The van der Waals surface area contributed by atoms with E-state index in [4.69, 9.17) is 4.74 Å². The van der Waals surface area contributed by atoms with Crippen molar-refractivity contribution in [2.45, 2.75) is 103 Å². The number of nitrogens with zero attached hydrogens (tertiary/aromatic N) is 5. The molecule has 4 atom stereocenters. The number of hydrogen-bond acceptors (Lipinski definition) is 11. The van der Waals surface area contributed by atoms with Crippen LogP contribution in [0.5, 0.6) is 0 Å². The summed E-state index contributed by atoms with van der Waals surface area (Å²) in [4.78, 5) is 112. The zero-order valence-corrected chi connectivity index (χ0v) is 40.5. The van der Waals surface area contributed by atoms with E-state index in [1.807, 2.05) is 0 Å². The van der Waals surface area contributed by atoms with Gasteiger partial charge in [-0.1, -0.05) is 48.5 Å². The van der Waals surface area contributed by atoms with Crippen LogP contribution >= 0.6 is 12.4 Å². The van der Waals surface area contributed by atoms with Crippen molar-refractivity contribution in [1.29, 1.82) is 0 Å². The first-order chi connectivity index (χ1) is 31.4. The number of ether oxygens (including phenoxy) is 1. The third kappa shape index (κ3) is 12.4. The maximum Gasteiger partial charge on any atom is 0.410 e. The van der Waals surface area contributed by atoms with E-state index in [1.165, 1.54) is 28.1 Å². The Morgan fingerprint density at radius 3 is 1.49 bits per heavy atom. The van der Waals surface area contributed by atoms with Gasteiger partial charge in [0.25, 0.3) is 11.1 Å². The summed E-state index contributed by atoms with van der Waals surface area (Å²) in [6.07, 6.45) is 2.14. The molecule has 21 heteroatoms. The van der Waals surface area contributed by atoms with Gasteiger partial charge in [-0.05, 0) is 89.1 Å². The first kappa shape index (κ1) is 53.8. The van der Waals surface area contributed by atoms with Crippen LogP contribution in [0.2, 0.25) is 0 Å². The molecule has 6 rings (SSSR count). The molecular weight excluding hydrogens is 904 g/mol. The molecule has 0 aliphatic carbocycles. The van der Waals surface area contributed by atoms with Gasteiger partial charge in [0.05, 0.1) is 17.2 Å². The Kier molecular flexibility index (Phi) is 17.7. The molecule has 4 aromatic rings. The third-order valence-electron chi connectivity index (χ3n) is 12.1.